The van der Waals surface area contributed by atoms with Crippen LogP contribution in [0.25, 0.3) is 0 Å². The van der Waals surface area contributed by atoms with E-state index in [0.717, 1.165) is 36.1 Å². The van der Waals surface area contributed by atoms with Gasteiger partial charge in [0.05, 0.1) is 11.9 Å². The normalized spacial score (nSPS) is 22.8. The first-order chi connectivity index (χ1) is 15.3. The van der Waals surface area contributed by atoms with Crippen molar-refractivity contribution in [3.63, 3.8) is 0 Å². The number of nitrogens with two attached hydrogens (primary N) is 1. The smallest absolute Gasteiger partial charge is 0.222 e. The van der Waals surface area contributed by atoms with E-state index in [4.69, 9.17) is 17.3 Å². The highest BCUT2D eigenvalue weighted by Gasteiger charge is 2.50. The minimum absolute atomic E-state index is 0.0295. The van der Waals surface area contributed by atoms with Crippen LogP contribution in [0.2, 0.25) is 5.28 Å². The van der Waals surface area contributed by atoms with Crippen LogP contribution in [0.3, 0.4) is 0 Å². The standard InChI is InChI=1S/C23H25ClN6OS/c1-13-6-7-14(19(31)16-8-10-27-22(24)29-16)20(26)23(13)9-4-5-17-18(23)15(11-25)21(32-17)28-12-30(2)3/h8,10,12-13H,4-7,9,26H2,1-3H3/t13-,23+/m0/s1. The molecule has 2 heterocycles. The number of hydrogen-bond donors (Lipinski definition) is 1. The summed E-state index contributed by atoms with van der Waals surface area (Å²) < 4.78 is 0. The molecule has 0 unspecified atom stereocenters. The van der Waals surface area contributed by atoms with Crippen LogP contribution in [0.4, 0.5) is 5.00 Å². The van der Waals surface area contributed by atoms with E-state index in [1.165, 1.54) is 6.20 Å². The third-order valence-corrected chi connectivity index (χ3v) is 7.85. The summed E-state index contributed by atoms with van der Waals surface area (Å²) in [7, 11) is 3.79. The van der Waals surface area contributed by atoms with Gasteiger partial charge in [0.25, 0.3) is 0 Å². The Kier molecular flexibility index (Phi) is 6.06. The molecule has 0 fully saturated rings. The number of thiophene rings is 1. The van der Waals surface area contributed by atoms with Gasteiger partial charge in [-0.25, -0.2) is 15.0 Å². The second-order valence-electron chi connectivity index (χ2n) is 8.60. The number of hydrogen-bond acceptors (Lipinski definition) is 7. The second kappa shape index (κ2) is 8.64. The molecular weight excluding hydrogens is 444 g/mol. The number of allylic oxidation sites excluding steroid dienone is 2. The Morgan fingerprint density at radius 1 is 1.47 bits per heavy atom. The molecule has 0 saturated heterocycles. The van der Waals surface area contributed by atoms with Crippen LogP contribution in [0.15, 0.2) is 28.5 Å². The SMILES string of the molecule is C[C@H]1CCC(C(=O)c2ccnc(Cl)n2)=C(N)[C@]12CCCc1sc(N=CN(C)C)c(C#N)c12. The van der Waals surface area contributed by atoms with Crippen molar-refractivity contribution in [2.24, 2.45) is 16.6 Å². The van der Waals surface area contributed by atoms with Crippen molar-refractivity contribution >= 4 is 40.1 Å². The fourth-order valence-electron chi connectivity index (χ4n) is 5.02. The fraction of sp³-hybridized carbons (Fsp3) is 0.435. The van der Waals surface area contributed by atoms with Gasteiger partial charge in [0.15, 0.2) is 0 Å². The van der Waals surface area contributed by atoms with Crippen LogP contribution in [-0.4, -0.2) is 41.1 Å². The maximum absolute atomic E-state index is 13.4. The van der Waals surface area contributed by atoms with E-state index in [1.807, 2.05) is 19.0 Å². The highest BCUT2D eigenvalue weighted by Crippen LogP contribution is 2.56. The molecule has 2 aromatic heterocycles. The molecule has 4 rings (SSSR count). The highest BCUT2D eigenvalue weighted by molar-refractivity contribution is 7.16. The predicted molar refractivity (Wildman–Crippen MR) is 126 cm³/mol. The Balaban J connectivity index is 1.90. The van der Waals surface area contributed by atoms with Gasteiger partial charge in [0, 0.05) is 41.9 Å². The van der Waals surface area contributed by atoms with Crippen LogP contribution >= 0.6 is 22.9 Å². The van der Waals surface area contributed by atoms with Crippen LogP contribution in [0.5, 0.6) is 0 Å². The van der Waals surface area contributed by atoms with E-state index in [0.29, 0.717) is 28.3 Å². The fourth-order valence-corrected chi connectivity index (χ4v) is 6.38. The Labute approximate surface area is 196 Å². The van der Waals surface area contributed by atoms with Gasteiger partial charge < -0.3 is 10.6 Å². The van der Waals surface area contributed by atoms with Crippen molar-refractivity contribution in [3.8, 4) is 6.07 Å². The predicted octanol–water partition coefficient (Wildman–Crippen LogP) is 4.38. The van der Waals surface area contributed by atoms with Gasteiger partial charge in [0.2, 0.25) is 11.1 Å². The molecular formula is C23H25ClN6OS. The molecule has 7 nitrogen and oxygen atoms in total. The zero-order valence-corrected chi connectivity index (χ0v) is 19.9. The molecule has 2 N–H and O–H groups in total. The van der Waals surface area contributed by atoms with Gasteiger partial charge in [-0.05, 0) is 61.3 Å². The van der Waals surface area contributed by atoms with E-state index < -0.39 is 5.41 Å². The minimum Gasteiger partial charge on any atom is -0.401 e. The number of nitriles is 1. The monoisotopic (exact) mass is 468 g/mol. The van der Waals surface area contributed by atoms with Gasteiger partial charge in [-0.1, -0.05) is 6.92 Å². The molecule has 2 aliphatic carbocycles. The van der Waals surface area contributed by atoms with Crippen molar-refractivity contribution in [3.05, 3.63) is 50.5 Å². The summed E-state index contributed by atoms with van der Waals surface area (Å²) in [5.41, 5.74) is 9.23. The Morgan fingerprint density at radius 2 is 2.25 bits per heavy atom. The van der Waals surface area contributed by atoms with Crippen LogP contribution in [-0.2, 0) is 11.8 Å². The number of carbonyl (C=O) groups is 1. The van der Waals surface area contributed by atoms with Gasteiger partial charge in [-0.15, -0.1) is 11.3 Å². The molecule has 0 saturated carbocycles. The zero-order chi connectivity index (χ0) is 23.0. The molecule has 9 heteroatoms. The van der Waals surface area contributed by atoms with Crippen molar-refractivity contribution in [1.82, 2.24) is 14.9 Å². The summed E-state index contributed by atoms with van der Waals surface area (Å²) in [6.07, 6.45) is 7.19. The summed E-state index contributed by atoms with van der Waals surface area (Å²) in [5, 5.41) is 10.8. The third kappa shape index (κ3) is 3.59. The second-order valence-corrected chi connectivity index (χ2v) is 10.0. The quantitative estimate of drug-likeness (QED) is 0.308. The lowest BCUT2D eigenvalue weighted by molar-refractivity contribution is 0.101. The molecule has 2 aliphatic rings. The Hall–Kier alpha value is -2.76. The number of aryl methyl sites for hydroxylation is 1. The summed E-state index contributed by atoms with van der Waals surface area (Å²) in [6.45, 7) is 2.17. The van der Waals surface area contributed by atoms with Crippen LogP contribution in [0, 0.1) is 17.2 Å². The highest BCUT2D eigenvalue weighted by atomic mass is 35.5. The molecule has 2 aromatic rings. The van der Waals surface area contributed by atoms with Crippen LogP contribution in [0.1, 0.15) is 59.1 Å². The maximum Gasteiger partial charge on any atom is 0.222 e. The molecule has 0 amide bonds. The van der Waals surface area contributed by atoms with Crippen molar-refractivity contribution in [2.75, 3.05) is 14.1 Å². The lowest BCUT2D eigenvalue weighted by Crippen LogP contribution is -2.46. The van der Waals surface area contributed by atoms with E-state index >= 15 is 0 Å². The van der Waals surface area contributed by atoms with Gasteiger partial charge >= 0.3 is 0 Å². The van der Waals surface area contributed by atoms with E-state index in [2.05, 4.69) is 28.0 Å². The van der Waals surface area contributed by atoms with Gasteiger partial charge in [-0.3, -0.25) is 4.79 Å². The number of nitrogens with zero attached hydrogens (tertiary/aromatic N) is 5. The van der Waals surface area contributed by atoms with E-state index in [9.17, 15) is 10.1 Å². The number of carbonyl (C=O) groups excluding carboxylic acids is 1. The first-order valence-corrected chi connectivity index (χ1v) is 11.8. The van der Waals surface area contributed by atoms with Gasteiger partial charge in [0.1, 0.15) is 16.8 Å². The van der Waals surface area contributed by atoms with Crippen molar-refractivity contribution in [2.45, 2.75) is 44.4 Å². The minimum atomic E-state index is -0.554. The molecule has 0 bridgehead atoms. The molecule has 1 spiro atoms. The first kappa shape index (κ1) is 22.4. The van der Waals surface area contributed by atoms with Crippen molar-refractivity contribution < 1.29 is 4.79 Å². The number of Topliss-reactive ketones (excluding diaryl/α,β-unsaturated/α-hetero) is 1. The molecule has 166 valence electrons. The third-order valence-electron chi connectivity index (χ3n) is 6.51. The molecule has 0 aromatic carbocycles. The first-order valence-electron chi connectivity index (χ1n) is 10.6. The lowest BCUT2D eigenvalue weighted by Gasteiger charge is -2.47. The average molecular weight is 469 g/mol. The van der Waals surface area contributed by atoms with E-state index in [1.54, 1.807) is 23.7 Å². The number of fused-ring (bicyclic) bond motifs is 2. The zero-order valence-electron chi connectivity index (χ0n) is 18.4. The summed E-state index contributed by atoms with van der Waals surface area (Å²) >= 11 is 7.48. The number of aliphatic imine (C=N–C) groups is 1. The van der Waals surface area contributed by atoms with Crippen molar-refractivity contribution in [1.29, 1.82) is 5.26 Å². The average Bonchev–Trinajstić information content (AvgIpc) is 3.14. The topological polar surface area (TPSA) is 108 Å². The van der Waals surface area contributed by atoms with E-state index in [-0.39, 0.29) is 22.7 Å². The van der Waals surface area contributed by atoms with Gasteiger partial charge in [-0.2, -0.15) is 5.26 Å². The molecule has 32 heavy (non-hydrogen) atoms. The Morgan fingerprint density at radius 3 is 2.94 bits per heavy atom. The summed E-state index contributed by atoms with van der Waals surface area (Å²) in [6, 6.07) is 3.96. The number of halogens is 1. The Bertz CT molecular complexity index is 1180. The maximum atomic E-state index is 13.4. The lowest BCUT2D eigenvalue weighted by atomic mass is 9.57. The number of ketones is 1. The number of aromatic nitrogens is 2. The summed E-state index contributed by atoms with van der Waals surface area (Å²) in [4.78, 5) is 28.9. The largest absolute Gasteiger partial charge is 0.401 e. The van der Waals surface area contributed by atoms with Crippen LogP contribution < -0.4 is 5.73 Å². The molecule has 2 atom stereocenters. The number of rotatable bonds is 4. The molecule has 0 aliphatic heterocycles. The molecule has 0 radical (unpaired) electrons. The summed E-state index contributed by atoms with van der Waals surface area (Å²) in [5.74, 6) is -0.0238.